The maximum Gasteiger partial charge on any atom is 0.261 e. The number of aryl methyl sites for hydroxylation is 2. The highest BCUT2D eigenvalue weighted by Crippen LogP contribution is 2.27. The molecule has 0 saturated carbocycles. The van der Waals surface area contributed by atoms with Gasteiger partial charge in [-0.3, -0.25) is 19.0 Å². The number of nitrogens with one attached hydrogen (secondary N) is 1. The fourth-order valence-electron chi connectivity index (χ4n) is 5.45. The van der Waals surface area contributed by atoms with Crippen molar-refractivity contribution >= 4 is 45.0 Å². The van der Waals surface area contributed by atoms with E-state index in [0.29, 0.717) is 58.1 Å². The summed E-state index contributed by atoms with van der Waals surface area (Å²) >= 11 is 9.64. The van der Waals surface area contributed by atoms with E-state index < -0.39 is 0 Å². The molecular weight excluding hydrogens is 618 g/mol. The highest BCUT2D eigenvalue weighted by molar-refractivity contribution is 9.10. The Bertz CT molecular complexity index is 1880. The molecule has 212 valence electrons. The Labute approximate surface area is 255 Å². The number of benzene rings is 3. The number of amides is 2. The van der Waals surface area contributed by atoms with Crippen molar-refractivity contribution in [3.63, 3.8) is 0 Å². The Morgan fingerprint density at radius 1 is 1.00 bits per heavy atom. The van der Waals surface area contributed by atoms with Crippen LogP contribution in [0.3, 0.4) is 0 Å². The molecule has 0 atom stereocenters. The summed E-state index contributed by atoms with van der Waals surface area (Å²) in [6.07, 6.45) is 3.64. The second-order valence-electron chi connectivity index (χ2n) is 10.2. The van der Waals surface area contributed by atoms with Crippen LogP contribution in [0.15, 0.2) is 88.3 Å². The summed E-state index contributed by atoms with van der Waals surface area (Å²) < 4.78 is 4.21. The molecule has 10 heteroatoms. The van der Waals surface area contributed by atoms with Crippen molar-refractivity contribution in [2.75, 3.05) is 13.6 Å². The number of halogens is 2. The Balaban J connectivity index is 1.45. The largest absolute Gasteiger partial charge is 0.355 e. The van der Waals surface area contributed by atoms with Crippen molar-refractivity contribution in [1.29, 1.82) is 0 Å². The van der Waals surface area contributed by atoms with Crippen molar-refractivity contribution in [1.82, 2.24) is 24.4 Å². The van der Waals surface area contributed by atoms with Gasteiger partial charge in [-0.05, 0) is 83.2 Å². The highest BCUT2D eigenvalue weighted by atomic mass is 79.9. The summed E-state index contributed by atoms with van der Waals surface area (Å²) in [5.74, 6) is -0.358. The van der Waals surface area contributed by atoms with E-state index in [1.54, 1.807) is 63.5 Å². The molecule has 0 unspecified atom stereocenters. The zero-order chi connectivity index (χ0) is 29.4. The fourth-order valence-corrected chi connectivity index (χ4v) is 5.87. The Morgan fingerprint density at radius 3 is 2.45 bits per heavy atom. The molecule has 0 fully saturated rings. The predicted molar refractivity (Wildman–Crippen MR) is 166 cm³/mol. The first-order chi connectivity index (χ1) is 20.4. The van der Waals surface area contributed by atoms with Crippen LogP contribution >= 0.6 is 27.5 Å². The quantitative estimate of drug-likeness (QED) is 0.274. The van der Waals surface area contributed by atoms with Crippen LogP contribution in [0.25, 0.3) is 11.3 Å². The third kappa shape index (κ3) is 5.14. The van der Waals surface area contributed by atoms with E-state index in [4.69, 9.17) is 16.7 Å². The third-order valence-electron chi connectivity index (χ3n) is 7.66. The number of rotatable bonds is 6. The van der Waals surface area contributed by atoms with Gasteiger partial charge in [-0.15, -0.1) is 0 Å². The summed E-state index contributed by atoms with van der Waals surface area (Å²) in [6.45, 7) is 0.627. The number of hydrogen-bond acceptors (Lipinski definition) is 4. The van der Waals surface area contributed by atoms with Crippen LogP contribution in [0.1, 0.15) is 43.1 Å². The van der Waals surface area contributed by atoms with Gasteiger partial charge >= 0.3 is 0 Å². The van der Waals surface area contributed by atoms with Gasteiger partial charge in [-0.25, -0.2) is 4.52 Å². The molecule has 1 aliphatic rings. The molecule has 42 heavy (non-hydrogen) atoms. The zero-order valence-electron chi connectivity index (χ0n) is 22.8. The number of carbonyl (C=O) groups is 2. The van der Waals surface area contributed by atoms with Crippen LogP contribution in [0.2, 0.25) is 5.02 Å². The summed E-state index contributed by atoms with van der Waals surface area (Å²) in [7, 11) is 1.58. The third-order valence-corrected chi connectivity index (χ3v) is 8.89. The van der Waals surface area contributed by atoms with E-state index in [1.165, 1.54) is 5.56 Å². The van der Waals surface area contributed by atoms with Crippen molar-refractivity contribution in [2.45, 2.75) is 25.8 Å². The molecule has 5 aromatic rings. The lowest BCUT2D eigenvalue weighted by Gasteiger charge is -2.30. The van der Waals surface area contributed by atoms with E-state index >= 15 is 0 Å². The molecule has 8 nitrogen and oxygen atoms in total. The molecular formula is C32H27BrClN5O3. The van der Waals surface area contributed by atoms with Crippen LogP contribution in [-0.2, 0) is 25.8 Å². The number of fused-ring (bicyclic) bond motifs is 3. The lowest BCUT2D eigenvalue weighted by Crippen LogP contribution is -2.41. The first-order valence-electron chi connectivity index (χ1n) is 13.6. The molecule has 0 saturated heterocycles. The average Bonchev–Trinajstić information content (AvgIpc) is 3.45. The fraction of sp³-hybridized carbons (Fsp3) is 0.188. The van der Waals surface area contributed by atoms with Crippen LogP contribution < -0.4 is 10.9 Å². The van der Waals surface area contributed by atoms with Crippen molar-refractivity contribution in [3.8, 4) is 5.69 Å². The van der Waals surface area contributed by atoms with Gasteiger partial charge in [0.2, 0.25) is 0 Å². The minimum atomic E-state index is -0.200. The van der Waals surface area contributed by atoms with E-state index in [2.05, 4.69) is 33.4 Å². The van der Waals surface area contributed by atoms with E-state index in [1.807, 2.05) is 24.4 Å². The van der Waals surface area contributed by atoms with Crippen LogP contribution in [-0.4, -0.2) is 44.5 Å². The van der Waals surface area contributed by atoms with Crippen molar-refractivity contribution < 1.29 is 9.59 Å². The molecule has 1 N–H and O–H groups in total. The standard InChI is InChI=1S/C32H27BrClN5O3/c1-35-29(40)21-9-12-24(13-10-21)38-30-23(8-7-20-5-3-2-4-6-20)18-36-39(30)28-19-37(16-15-25(28)32(38)42)31(41)22-11-14-26(33)27(34)17-22/h2-6,9-14,17-18H,7-8,15-16,19H2,1H3,(H,35,40). The molecule has 2 aromatic heterocycles. The van der Waals surface area contributed by atoms with Crippen molar-refractivity contribution in [2.24, 2.45) is 0 Å². The van der Waals surface area contributed by atoms with Gasteiger partial charge in [0.25, 0.3) is 17.4 Å². The summed E-state index contributed by atoms with van der Waals surface area (Å²) in [4.78, 5) is 41.5. The van der Waals surface area contributed by atoms with Gasteiger partial charge in [0.1, 0.15) is 5.65 Å². The monoisotopic (exact) mass is 643 g/mol. The first-order valence-corrected chi connectivity index (χ1v) is 14.8. The van der Waals surface area contributed by atoms with Gasteiger partial charge in [-0.2, -0.15) is 5.10 Å². The molecule has 0 aliphatic carbocycles. The molecule has 0 spiro atoms. The van der Waals surface area contributed by atoms with Gasteiger partial charge in [0.15, 0.2) is 0 Å². The number of nitrogens with zero attached hydrogens (tertiary/aromatic N) is 4. The minimum absolute atomic E-state index is 0.148. The molecule has 2 amide bonds. The maximum atomic E-state index is 14.2. The van der Waals surface area contributed by atoms with E-state index in [-0.39, 0.29) is 23.9 Å². The van der Waals surface area contributed by atoms with Gasteiger partial charge < -0.3 is 10.2 Å². The van der Waals surface area contributed by atoms with Crippen LogP contribution in [0.5, 0.6) is 0 Å². The van der Waals surface area contributed by atoms with Crippen LogP contribution in [0, 0.1) is 0 Å². The van der Waals surface area contributed by atoms with E-state index in [9.17, 15) is 14.4 Å². The lowest BCUT2D eigenvalue weighted by molar-refractivity contribution is 0.0729. The predicted octanol–water partition coefficient (Wildman–Crippen LogP) is 5.24. The Kier molecular flexibility index (Phi) is 7.70. The maximum absolute atomic E-state index is 14.2. The molecule has 3 heterocycles. The second kappa shape index (κ2) is 11.6. The van der Waals surface area contributed by atoms with Gasteiger partial charge in [-0.1, -0.05) is 41.9 Å². The average molecular weight is 645 g/mol. The molecule has 6 rings (SSSR count). The molecule has 3 aromatic carbocycles. The zero-order valence-corrected chi connectivity index (χ0v) is 25.2. The van der Waals surface area contributed by atoms with Crippen LogP contribution in [0.4, 0.5) is 0 Å². The second-order valence-corrected chi connectivity index (χ2v) is 11.4. The lowest BCUT2D eigenvalue weighted by atomic mass is 10.0. The number of carbonyl (C=O) groups excluding carboxylic acids is 2. The summed E-state index contributed by atoms with van der Waals surface area (Å²) in [5, 5.41) is 7.84. The molecule has 1 aliphatic heterocycles. The molecule has 0 bridgehead atoms. The van der Waals surface area contributed by atoms with Gasteiger partial charge in [0.05, 0.1) is 29.1 Å². The van der Waals surface area contributed by atoms with Gasteiger partial charge in [0, 0.05) is 40.3 Å². The minimum Gasteiger partial charge on any atom is -0.355 e. The SMILES string of the molecule is CNC(=O)c1ccc(-n2c(=O)c3c(n4ncc(CCc5ccccc5)c24)CN(C(=O)c2ccc(Br)c(Cl)c2)CC3)cc1. The smallest absolute Gasteiger partial charge is 0.261 e. The van der Waals surface area contributed by atoms with E-state index in [0.717, 1.165) is 16.5 Å². The first kappa shape index (κ1) is 27.9. The Morgan fingerprint density at radius 2 is 1.74 bits per heavy atom. The summed E-state index contributed by atoms with van der Waals surface area (Å²) in [5.41, 5.74) is 5.55. The molecule has 0 radical (unpaired) electrons. The number of hydrogen-bond donors (Lipinski definition) is 1. The van der Waals surface area contributed by atoms with Crippen molar-refractivity contribution in [3.05, 3.63) is 132 Å². The summed E-state index contributed by atoms with van der Waals surface area (Å²) in [6, 6.07) is 22.3. The number of aromatic nitrogens is 3. The Hall–Kier alpha value is -4.21. The highest BCUT2D eigenvalue weighted by Gasteiger charge is 2.29. The topological polar surface area (TPSA) is 88.7 Å². The normalized spacial score (nSPS) is 12.8.